The third kappa shape index (κ3) is 2.44. The number of aryl methyl sites for hydroxylation is 2. The highest BCUT2D eigenvalue weighted by Gasteiger charge is 2.26. The minimum Gasteiger partial charge on any atom is -0.315 e. The third-order valence-electron chi connectivity index (χ3n) is 5.56. The average molecular weight is 378 g/mol. The maximum atomic E-state index is 13.0. The van der Waals surface area contributed by atoms with Crippen molar-refractivity contribution in [3.8, 4) is 0 Å². The number of benzene rings is 3. The van der Waals surface area contributed by atoms with Crippen molar-refractivity contribution in [1.82, 2.24) is 0 Å². The molecule has 2 aliphatic rings. The molecule has 0 unspecified atom stereocenters. The third-order valence-corrected chi connectivity index (χ3v) is 6.92. The van der Waals surface area contributed by atoms with Crippen molar-refractivity contribution >= 4 is 38.1 Å². The van der Waals surface area contributed by atoms with E-state index in [1.807, 2.05) is 24.3 Å². The van der Waals surface area contributed by atoms with Gasteiger partial charge in [-0.3, -0.25) is 9.52 Å². The van der Waals surface area contributed by atoms with Crippen LogP contribution in [0.1, 0.15) is 16.7 Å². The molecule has 1 N–H and O–H groups in total. The first-order valence-electron chi connectivity index (χ1n) is 8.90. The maximum absolute atomic E-state index is 13.0. The number of sulfonamides is 1. The molecule has 0 aromatic heterocycles. The van der Waals surface area contributed by atoms with Crippen LogP contribution in [0, 0.1) is 0 Å². The van der Waals surface area contributed by atoms with E-state index >= 15 is 0 Å². The van der Waals surface area contributed by atoms with E-state index in [1.54, 1.807) is 30.1 Å². The van der Waals surface area contributed by atoms with Gasteiger partial charge in [-0.1, -0.05) is 24.3 Å². The van der Waals surface area contributed by atoms with Crippen LogP contribution in [0.25, 0.3) is 10.8 Å². The van der Waals surface area contributed by atoms with Gasteiger partial charge in [-0.25, -0.2) is 8.42 Å². The zero-order chi connectivity index (χ0) is 18.8. The number of carbonyl (C=O) groups excluding carboxylic acids is 1. The molecule has 1 amide bonds. The minimum absolute atomic E-state index is 0.0278. The molecule has 1 heterocycles. The fourth-order valence-electron chi connectivity index (χ4n) is 4.15. The van der Waals surface area contributed by atoms with E-state index in [2.05, 4.69) is 10.8 Å². The summed E-state index contributed by atoms with van der Waals surface area (Å²) >= 11 is 0. The van der Waals surface area contributed by atoms with E-state index < -0.39 is 10.0 Å². The van der Waals surface area contributed by atoms with Gasteiger partial charge in [0.25, 0.3) is 10.0 Å². The first kappa shape index (κ1) is 16.3. The molecule has 0 atom stereocenters. The van der Waals surface area contributed by atoms with Crippen LogP contribution in [0.5, 0.6) is 0 Å². The van der Waals surface area contributed by atoms with Crippen LogP contribution in [-0.2, 0) is 34.1 Å². The Morgan fingerprint density at radius 1 is 0.963 bits per heavy atom. The smallest absolute Gasteiger partial charge is 0.261 e. The maximum Gasteiger partial charge on any atom is 0.261 e. The standard InChI is InChI=1S/C21H18N2O3S/c1-23-19-10-8-16(11-15(19)12-20(23)24)27(25,26)22-18-9-7-14-6-5-13-3-2-4-17(18)21(13)14/h2-4,7-11,22H,5-6,12H2,1H3. The molecule has 0 saturated carbocycles. The van der Waals surface area contributed by atoms with Gasteiger partial charge in [0.05, 0.1) is 17.0 Å². The zero-order valence-corrected chi connectivity index (χ0v) is 15.6. The van der Waals surface area contributed by atoms with Crippen LogP contribution in [0.3, 0.4) is 0 Å². The minimum atomic E-state index is -3.75. The summed E-state index contributed by atoms with van der Waals surface area (Å²) in [6.45, 7) is 0. The molecule has 3 aromatic rings. The molecule has 27 heavy (non-hydrogen) atoms. The molecule has 5 nitrogen and oxygen atoms in total. The SMILES string of the molecule is CN1C(=O)Cc2cc(S(=O)(=O)Nc3ccc4c5c(cccc35)CC4)ccc21. The van der Waals surface area contributed by atoms with Gasteiger partial charge in [-0.15, -0.1) is 0 Å². The highest BCUT2D eigenvalue weighted by Crippen LogP contribution is 2.36. The number of anilines is 2. The Labute approximate surface area is 157 Å². The topological polar surface area (TPSA) is 66.5 Å². The van der Waals surface area contributed by atoms with Crippen LogP contribution >= 0.6 is 0 Å². The molecule has 6 heteroatoms. The number of fused-ring (bicyclic) bond motifs is 1. The summed E-state index contributed by atoms with van der Waals surface area (Å²) in [4.78, 5) is 13.6. The Bertz CT molecular complexity index is 1220. The van der Waals surface area contributed by atoms with Crippen LogP contribution in [-0.4, -0.2) is 21.4 Å². The van der Waals surface area contributed by atoms with E-state index in [-0.39, 0.29) is 17.2 Å². The highest BCUT2D eigenvalue weighted by molar-refractivity contribution is 7.92. The van der Waals surface area contributed by atoms with Crippen LogP contribution < -0.4 is 9.62 Å². The molecule has 5 rings (SSSR count). The Kier molecular flexibility index (Phi) is 3.37. The molecule has 0 saturated heterocycles. The Hall–Kier alpha value is -2.86. The molecular formula is C21H18N2O3S. The van der Waals surface area contributed by atoms with Gasteiger partial charge in [0.2, 0.25) is 5.91 Å². The van der Waals surface area contributed by atoms with Crippen LogP contribution in [0.2, 0.25) is 0 Å². The summed E-state index contributed by atoms with van der Waals surface area (Å²) in [7, 11) is -2.04. The lowest BCUT2D eigenvalue weighted by Gasteiger charge is -2.14. The summed E-state index contributed by atoms with van der Waals surface area (Å²) in [6, 6.07) is 14.7. The number of amides is 1. The lowest BCUT2D eigenvalue weighted by atomic mass is 10.0. The van der Waals surface area contributed by atoms with Crippen LogP contribution in [0.4, 0.5) is 11.4 Å². The predicted octanol–water partition coefficient (Wildman–Crippen LogP) is 3.26. The number of hydrogen-bond donors (Lipinski definition) is 1. The highest BCUT2D eigenvalue weighted by atomic mass is 32.2. The number of nitrogens with one attached hydrogen (secondary N) is 1. The van der Waals surface area contributed by atoms with Crippen molar-refractivity contribution in [2.45, 2.75) is 24.2 Å². The number of nitrogens with zero attached hydrogens (tertiary/aromatic N) is 1. The van der Waals surface area contributed by atoms with E-state index in [4.69, 9.17) is 0 Å². The molecule has 0 spiro atoms. The number of hydrogen-bond acceptors (Lipinski definition) is 3. The first-order valence-corrected chi connectivity index (χ1v) is 10.4. The predicted molar refractivity (Wildman–Crippen MR) is 106 cm³/mol. The van der Waals surface area contributed by atoms with Gasteiger partial charge in [0, 0.05) is 18.1 Å². The van der Waals surface area contributed by atoms with Gasteiger partial charge in [-0.2, -0.15) is 0 Å². The van der Waals surface area contributed by atoms with Gasteiger partial charge >= 0.3 is 0 Å². The lowest BCUT2D eigenvalue weighted by molar-refractivity contribution is -0.117. The lowest BCUT2D eigenvalue weighted by Crippen LogP contribution is -2.20. The summed E-state index contributed by atoms with van der Waals surface area (Å²) in [5.74, 6) is -0.0278. The van der Waals surface area contributed by atoms with E-state index in [1.165, 1.54) is 16.5 Å². The molecule has 1 aliphatic heterocycles. The van der Waals surface area contributed by atoms with Crippen molar-refractivity contribution in [2.75, 3.05) is 16.7 Å². The molecular weight excluding hydrogens is 360 g/mol. The number of likely N-dealkylation sites (N-methyl/N-ethyl adjacent to an activating group) is 1. The average Bonchev–Trinajstić information content (AvgIpc) is 3.19. The monoisotopic (exact) mass is 378 g/mol. The number of carbonyl (C=O) groups is 1. The van der Waals surface area contributed by atoms with Gasteiger partial charge in [-0.05, 0) is 59.2 Å². The Balaban J connectivity index is 1.56. The van der Waals surface area contributed by atoms with E-state index in [0.717, 1.165) is 29.5 Å². The molecule has 136 valence electrons. The van der Waals surface area contributed by atoms with E-state index in [0.29, 0.717) is 5.69 Å². The Morgan fingerprint density at radius 3 is 2.56 bits per heavy atom. The van der Waals surface area contributed by atoms with Crippen molar-refractivity contribution < 1.29 is 13.2 Å². The van der Waals surface area contributed by atoms with Crippen LogP contribution in [0.15, 0.2) is 53.4 Å². The normalized spacial score (nSPS) is 15.4. The van der Waals surface area contributed by atoms with Crippen molar-refractivity contribution in [1.29, 1.82) is 0 Å². The van der Waals surface area contributed by atoms with Crippen molar-refractivity contribution in [3.63, 3.8) is 0 Å². The summed E-state index contributed by atoms with van der Waals surface area (Å²) in [6.07, 6.45) is 2.22. The second-order valence-electron chi connectivity index (χ2n) is 7.14. The van der Waals surface area contributed by atoms with Crippen molar-refractivity contribution in [2.24, 2.45) is 0 Å². The first-order chi connectivity index (χ1) is 12.9. The van der Waals surface area contributed by atoms with Gasteiger partial charge in [0.1, 0.15) is 0 Å². The largest absolute Gasteiger partial charge is 0.315 e. The van der Waals surface area contributed by atoms with E-state index in [9.17, 15) is 13.2 Å². The quantitative estimate of drug-likeness (QED) is 0.761. The summed E-state index contributed by atoms with van der Waals surface area (Å²) in [5.41, 5.74) is 4.63. The summed E-state index contributed by atoms with van der Waals surface area (Å²) in [5, 5.41) is 2.10. The van der Waals surface area contributed by atoms with Crippen molar-refractivity contribution in [3.05, 3.63) is 65.2 Å². The molecule has 1 aliphatic carbocycles. The Morgan fingerprint density at radius 2 is 1.74 bits per heavy atom. The second kappa shape index (κ2) is 5.57. The zero-order valence-electron chi connectivity index (χ0n) is 14.8. The molecule has 0 radical (unpaired) electrons. The number of rotatable bonds is 3. The fraction of sp³-hybridized carbons (Fsp3) is 0.190. The molecule has 3 aromatic carbocycles. The fourth-order valence-corrected chi connectivity index (χ4v) is 5.28. The molecule has 0 fully saturated rings. The van der Waals surface area contributed by atoms with Gasteiger partial charge < -0.3 is 4.90 Å². The summed E-state index contributed by atoms with van der Waals surface area (Å²) < 4.78 is 28.7. The van der Waals surface area contributed by atoms with Gasteiger partial charge in [0.15, 0.2) is 0 Å². The second-order valence-corrected chi connectivity index (χ2v) is 8.82. The molecule has 0 bridgehead atoms.